The van der Waals surface area contributed by atoms with E-state index in [4.69, 9.17) is 10.4 Å². The van der Waals surface area contributed by atoms with Gasteiger partial charge in [-0.05, 0) is 27.2 Å². The average Bonchev–Trinajstić information content (AvgIpc) is 2.72. The number of aliphatic hydroxyl groups is 1. The van der Waals surface area contributed by atoms with Crippen LogP contribution in [0, 0.1) is 11.3 Å². The van der Waals surface area contributed by atoms with Crippen LogP contribution in [-0.4, -0.2) is 33.6 Å². The van der Waals surface area contributed by atoms with Crippen LogP contribution < -0.4 is 10.6 Å². The Hall–Kier alpha value is -2.07. The van der Waals surface area contributed by atoms with Crippen molar-refractivity contribution in [3.63, 3.8) is 0 Å². The number of nitriles is 1. The summed E-state index contributed by atoms with van der Waals surface area (Å²) in [4.78, 5) is 11.7. The van der Waals surface area contributed by atoms with E-state index in [2.05, 4.69) is 15.7 Å². The normalized spacial score (nSPS) is 12.0. The molecule has 1 atom stereocenters. The van der Waals surface area contributed by atoms with Gasteiger partial charge in [0.1, 0.15) is 11.6 Å². The van der Waals surface area contributed by atoms with Gasteiger partial charge < -0.3 is 10.4 Å². The summed E-state index contributed by atoms with van der Waals surface area (Å²) in [5.41, 5.74) is 0.318. The number of nitrogens with zero attached hydrogens (tertiary/aromatic N) is 3. The van der Waals surface area contributed by atoms with Crippen molar-refractivity contribution < 1.29 is 9.90 Å². The van der Waals surface area contributed by atoms with Gasteiger partial charge in [-0.15, -0.1) is 0 Å². The van der Waals surface area contributed by atoms with Crippen molar-refractivity contribution in [2.75, 3.05) is 11.9 Å². The van der Waals surface area contributed by atoms with Gasteiger partial charge in [0.05, 0.1) is 0 Å². The van der Waals surface area contributed by atoms with Crippen molar-refractivity contribution in [1.82, 2.24) is 15.1 Å². The van der Waals surface area contributed by atoms with E-state index in [0.29, 0.717) is 12.0 Å². The van der Waals surface area contributed by atoms with Crippen LogP contribution in [0.25, 0.3) is 0 Å². The van der Waals surface area contributed by atoms with Gasteiger partial charge >= 0.3 is 6.03 Å². The van der Waals surface area contributed by atoms with E-state index in [1.165, 1.54) is 0 Å². The number of aliphatic hydroxyl groups excluding tert-OH is 1. The van der Waals surface area contributed by atoms with Gasteiger partial charge in [0.15, 0.2) is 5.82 Å². The second kappa shape index (κ2) is 6.75. The summed E-state index contributed by atoms with van der Waals surface area (Å²) in [5.74, 6) is 0.241. The van der Waals surface area contributed by atoms with Gasteiger partial charge in [-0.1, -0.05) is 0 Å². The third kappa shape index (κ3) is 4.26. The van der Waals surface area contributed by atoms with Crippen LogP contribution in [0.1, 0.15) is 38.8 Å². The van der Waals surface area contributed by atoms with Crippen LogP contribution in [0.3, 0.4) is 0 Å². The molecular weight excluding hydrogens is 246 g/mol. The highest BCUT2D eigenvalue weighted by molar-refractivity contribution is 5.89. The molecule has 0 radical (unpaired) electrons. The van der Waals surface area contributed by atoms with E-state index in [0.717, 1.165) is 0 Å². The number of nitrogens with one attached hydrogen (secondary N) is 2. The number of aromatic nitrogens is 2. The molecule has 0 saturated carbocycles. The van der Waals surface area contributed by atoms with Crippen molar-refractivity contribution >= 4 is 11.8 Å². The van der Waals surface area contributed by atoms with E-state index in [-0.39, 0.29) is 24.5 Å². The molecule has 0 unspecified atom stereocenters. The fourth-order valence-corrected chi connectivity index (χ4v) is 1.46. The van der Waals surface area contributed by atoms with Gasteiger partial charge in [0, 0.05) is 24.9 Å². The summed E-state index contributed by atoms with van der Waals surface area (Å²) in [6, 6.07) is 1.51. The highest BCUT2D eigenvalue weighted by Crippen LogP contribution is 2.15. The third-order valence-electron chi connectivity index (χ3n) is 2.55. The Morgan fingerprint density at radius 2 is 2.26 bits per heavy atom. The first-order valence-electron chi connectivity index (χ1n) is 6.15. The molecule has 19 heavy (non-hydrogen) atoms. The summed E-state index contributed by atoms with van der Waals surface area (Å²) >= 11 is 0. The minimum absolute atomic E-state index is 0.00681. The third-order valence-corrected chi connectivity index (χ3v) is 2.55. The largest absolute Gasteiger partial charge is 0.396 e. The zero-order valence-corrected chi connectivity index (χ0v) is 11.3. The van der Waals surface area contributed by atoms with E-state index in [9.17, 15) is 4.79 Å². The minimum atomic E-state index is -0.438. The molecule has 0 spiro atoms. The Kier molecular flexibility index (Phi) is 5.33. The summed E-state index contributed by atoms with van der Waals surface area (Å²) < 4.78 is 1.62. The van der Waals surface area contributed by atoms with Crippen LogP contribution in [0.15, 0.2) is 6.20 Å². The zero-order valence-electron chi connectivity index (χ0n) is 11.3. The lowest BCUT2D eigenvalue weighted by molar-refractivity contribution is 0.241. The summed E-state index contributed by atoms with van der Waals surface area (Å²) in [6.07, 6.45) is 2.07. The summed E-state index contributed by atoms with van der Waals surface area (Å²) in [6.45, 7) is 5.66. The molecule has 1 aromatic heterocycles. The van der Waals surface area contributed by atoms with Gasteiger partial charge in [-0.25, -0.2) is 4.79 Å². The molecule has 0 aliphatic rings. The lowest BCUT2D eigenvalue weighted by Gasteiger charge is -2.12. The predicted molar refractivity (Wildman–Crippen MR) is 70.6 cm³/mol. The fourth-order valence-electron chi connectivity index (χ4n) is 1.46. The smallest absolute Gasteiger partial charge is 0.320 e. The molecule has 0 aliphatic carbocycles. The molecule has 1 rings (SSSR count). The zero-order chi connectivity index (χ0) is 14.4. The molecule has 104 valence electrons. The number of anilines is 1. The van der Waals surface area contributed by atoms with Crippen LogP contribution in [0.5, 0.6) is 0 Å². The van der Waals surface area contributed by atoms with Crippen molar-refractivity contribution in [2.24, 2.45) is 0 Å². The van der Waals surface area contributed by atoms with Crippen LogP contribution in [0.2, 0.25) is 0 Å². The number of amides is 2. The Balaban J connectivity index is 2.71. The fraction of sp³-hybridized carbons (Fsp3) is 0.583. The first kappa shape index (κ1) is 15.0. The summed E-state index contributed by atoms with van der Waals surface area (Å²) in [5, 5.41) is 27.1. The lowest BCUT2D eigenvalue weighted by atomic mass is 10.2. The molecule has 0 aromatic carbocycles. The number of hydrogen-bond acceptors (Lipinski definition) is 4. The van der Waals surface area contributed by atoms with Crippen LogP contribution in [-0.2, 0) is 0 Å². The van der Waals surface area contributed by atoms with Gasteiger partial charge in [0.25, 0.3) is 0 Å². The minimum Gasteiger partial charge on any atom is -0.396 e. The number of carbonyl (C=O) groups excluding carboxylic acids is 1. The number of rotatable bonds is 5. The molecular formula is C12H19N5O2. The first-order valence-corrected chi connectivity index (χ1v) is 6.15. The summed E-state index contributed by atoms with van der Waals surface area (Å²) in [7, 11) is 0. The Bertz CT molecular complexity index is 475. The standard InChI is InChI=1S/C12H19N5O2/c1-8(2)17-7-10(6-13)11(16-17)15-12(19)14-9(3)4-5-18/h7-9,18H,4-5H2,1-3H3,(H2,14,15,16,19)/t9-/m1/s1. The van der Waals surface area contributed by atoms with E-state index >= 15 is 0 Å². The maximum atomic E-state index is 11.7. The molecule has 2 amide bonds. The predicted octanol–water partition coefficient (Wildman–Crippen LogP) is 1.23. The maximum absolute atomic E-state index is 11.7. The highest BCUT2D eigenvalue weighted by atomic mass is 16.3. The van der Waals surface area contributed by atoms with Crippen LogP contribution in [0.4, 0.5) is 10.6 Å². The van der Waals surface area contributed by atoms with E-state index < -0.39 is 6.03 Å². The van der Waals surface area contributed by atoms with E-state index in [1.54, 1.807) is 17.8 Å². The molecule has 7 nitrogen and oxygen atoms in total. The van der Waals surface area contributed by atoms with Gasteiger partial charge in [-0.3, -0.25) is 10.00 Å². The molecule has 0 saturated heterocycles. The first-order chi connectivity index (χ1) is 8.97. The van der Waals surface area contributed by atoms with Crippen molar-refractivity contribution in [2.45, 2.75) is 39.3 Å². The van der Waals surface area contributed by atoms with Crippen LogP contribution >= 0.6 is 0 Å². The molecule has 0 aliphatic heterocycles. The van der Waals surface area contributed by atoms with E-state index in [1.807, 2.05) is 19.9 Å². The van der Waals surface area contributed by atoms with Gasteiger partial charge in [-0.2, -0.15) is 10.4 Å². The second-order valence-corrected chi connectivity index (χ2v) is 4.59. The molecule has 0 bridgehead atoms. The maximum Gasteiger partial charge on any atom is 0.320 e. The monoisotopic (exact) mass is 265 g/mol. The highest BCUT2D eigenvalue weighted by Gasteiger charge is 2.14. The van der Waals surface area contributed by atoms with Crippen molar-refractivity contribution in [3.8, 4) is 6.07 Å². The Morgan fingerprint density at radius 3 is 2.79 bits per heavy atom. The Labute approximate surface area is 112 Å². The molecule has 0 fully saturated rings. The van der Waals surface area contributed by atoms with Gasteiger partial charge in [0.2, 0.25) is 0 Å². The number of urea groups is 1. The molecule has 7 heteroatoms. The Morgan fingerprint density at radius 1 is 1.58 bits per heavy atom. The number of hydrogen-bond donors (Lipinski definition) is 3. The second-order valence-electron chi connectivity index (χ2n) is 4.59. The molecule has 3 N–H and O–H groups in total. The topological polar surface area (TPSA) is 103 Å². The lowest BCUT2D eigenvalue weighted by Crippen LogP contribution is -2.36. The SMILES string of the molecule is CC(C)n1cc(C#N)c(NC(=O)N[C@H](C)CCO)n1. The quantitative estimate of drug-likeness (QED) is 0.744. The molecule has 1 aromatic rings. The van der Waals surface area contributed by atoms with Crippen molar-refractivity contribution in [1.29, 1.82) is 5.26 Å². The molecule has 1 heterocycles. The van der Waals surface area contributed by atoms with Crippen molar-refractivity contribution in [3.05, 3.63) is 11.8 Å². The number of carbonyl (C=O) groups is 1. The average molecular weight is 265 g/mol.